The maximum Gasteiger partial charge on any atom is 0.165 e. The van der Waals surface area contributed by atoms with E-state index in [0.29, 0.717) is 48.4 Å². The third kappa shape index (κ3) is 5.72. The number of carbonyl (C=O) groups is 1. The minimum Gasteiger partial charge on any atom is -0.382 e. The van der Waals surface area contributed by atoms with Gasteiger partial charge in [0.2, 0.25) is 0 Å². The summed E-state index contributed by atoms with van der Waals surface area (Å²) < 4.78 is 29.3. The minimum absolute atomic E-state index is 0.0305. The van der Waals surface area contributed by atoms with Crippen LogP contribution in [0.4, 0.5) is 20.3 Å². The molecule has 0 spiro atoms. The zero-order valence-corrected chi connectivity index (χ0v) is 20.9. The summed E-state index contributed by atoms with van der Waals surface area (Å²) in [5.41, 5.74) is 15.6. The number of benzene rings is 1. The van der Waals surface area contributed by atoms with Gasteiger partial charge in [0.25, 0.3) is 0 Å². The van der Waals surface area contributed by atoms with E-state index in [4.69, 9.17) is 11.5 Å². The number of Topliss-reactive ketones (excluding diaryl/α,β-unsaturated/α-hetero) is 1. The Morgan fingerprint density at radius 1 is 1.14 bits per heavy atom. The fourth-order valence-electron chi connectivity index (χ4n) is 4.14. The van der Waals surface area contributed by atoms with Gasteiger partial charge in [-0.3, -0.25) is 9.78 Å². The van der Waals surface area contributed by atoms with Crippen LogP contribution in [0.15, 0.2) is 43.1 Å². The molecule has 3 aromatic heterocycles. The first-order valence-corrected chi connectivity index (χ1v) is 12.2. The quantitative estimate of drug-likeness (QED) is 0.292. The molecule has 4 N–H and O–H groups in total. The summed E-state index contributed by atoms with van der Waals surface area (Å²) in [5, 5.41) is 0. The minimum atomic E-state index is -0.952. The summed E-state index contributed by atoms with van der Waals surface area (Å²) in [7, 11) is 0. The number of hydrogen-bond acceptors (Lipinski definition) is 8. The van der Waals surface area contributed by atoms with E-state index in [9.17, 15) is 13.6 Å². The van der Waals surface area contributed by atoms with Crippen LogP contribution in [0.2, 0.25) is 0 Å². The predicted molar refractivity (Wildman–Crippen MR) is 139 cm³/mol. The molecule has 11 heteroatoms. The van der Waals surface area contributed by atoms with Crippen LogP contribution in [0.5, 0.6) is 0 Å². The predicted octanol–water partition coefficient (Wildman–Crippen LogP) is 3.92. The van der Waals surface area contributed by atoms with Crippen LogP contribution in [0.1, 0.15) is 38.7 Å². The van der Waals surface area contributed by atoms with Crippen molar-refractivity contribution < 1.29 is 13.6 Å². The average molecular weight is 509 g/mol. The van der Waals surface area contributed by atoms with Gasteiger partial charge in [-0.1, -0.05) is 13.8 Å². The number of aromatic nitrogens is 5. The Kier molecular flexibility index (Phi) is 8.02. The Morgan fingerprint density at radius 2 is 1.95 bits per heavy atom. The smallest absolute Gasteiger partial charge is 0.165 e. The first kappa shape index (κ1) is 26.1. The Morgan fingerprint density at radius 3 is 2.68 bits per heavy atom. The van der Waals surface area contributed by atoms with Crippen molar-refractivity contribution in [3.8, 4) is 11.3 Å². The van der Waals surface area contributed by atoms with Gasteiger partial charge in [0.1, 0.15) is 17.6 Å². The lowest BCUT2D eigenvalue weighted by Gasteiger charge is -2.26. The van der Waals surface area contributed by atoms with Gasteiger partial charge in [-0.05, 0) is 42.7 Å². The van der Waals surface area contributed by atoms with Crippen LogP contribution in [-0.2, 0) is 11.3 Å². The standard InChI is InChI=1S/C26H30F2N8O/c1-3-16(2)23(37)5-4-8-35(13-29)22-11-31-21(17-6-7-19(27)20(28)9-17)10-18(22)12-36-15-34-24-25(30)32-14-33-26(24)36/h6-7,9-11,14-16H,3-5,8,12-13,29H2,1-2H3,(H2,30,32,33)/t16-/m1/s1. The molecule has 0 fully saturated rings. The van der Waals surface area contributed by atoms with Gasteiger partial charge in [-0.15, -0.1) is 0 Å². The molecule has 4 aromatic rings. The molecule has 1 atom stereocenters. The number of ketones is 1. The second-order valence-corrected chi connectivity index (χ2v) is 8.96. The van der Waals surface area contributed by atoms with Crippen molar-refractivity contribution >= 4 is 28.5 Å². The van der Waals surface area contributed by atoms with Crippen LogP contribution in [0, 0.1) is 17.6 Å². The fourth-order valence-corrected chi connectivity index (χ4v) is 4.14. The molecule has 194 valence electrons. The van der Waals surface area contributed by atoms with Crippen molar-refractivity contribution in [3.63, 3.8) is 0 Å². The molecule has 0 aliphatic rings. The molecule has 0 radical (unpaired) electrons. The topological polar surface area (TPSA) is 129 Å². The third-order valence-electron chi connectivity index (χ3n) is 6.53. The highest BCUT2D eigenvalue weighted by molar-refractivity contribution is 5.81. The number of rotatable bonds is 11. The van der Waals surface area contributed by atoms with Crippen LogP contribution < -0.4 is 16.4 Å². The largest absolute Gasteiger partial charge is 0.382 e. The van der Waals surface area contributed by atoms with Gasteiger partial charge in [-0.2, -0.15) is 0 Å². The summed E-state index contributed by atoms with van der Waals surface area (Å²) in [6.45, 7) is 5.03. The number of nitrogens with two attached hydrogens (primary N) is 2. The van der Waals surface area contributed by atoms with Gasteiger partial charge in [-0.25, -0.2) is 23.7 Å². The SMILES string of the molecule is CC[C@@H](C)C(=O)CCCN(CN)c1cnc(-c2ccc(F)c(F)c2)cc1Cn1cnc2c(N)ncnc21. The van der Waals surface area contributed by atoms with E-state index in [1.807, 2.05) is 29.4 Å². The molecule has 0 aliphatic carbocycles. The van der Waals surface area contributed by atoms with Crippen molar-refractivity contribution in [3.05, 3.63) is 60.3 Å². The van der Waals surface area contributed by atoms with E-state index < -0.39 is 11.6 Å². The number of halogens is 2. The lowest BCUT2D eigenvalue weighted by molar-refractivity contribution is -0.122. The maximum absolute atomic E-state index is 13.9. The normalized spacial score (nSPS) is 12.1. The van der Waals surface area contributed by atoms with Crippen molar-refractivity contribution in [2.45, 2.75) is 39.7 Å². The maximum atomic E-state index is 13.9. The molecule has 0 amide bonds. The number of nitrogens with zero attached hydrogens (tertiary/aromatic N) is 6. The number of carbonyl (C=O) groups excluding carboxylic acids is 1. The van der Waals surface area contributed by atoms with Crippen molar-refractivity contribution in [1.82, 2.24) is 24.5 Å². The lowest BCUT2D eigenvalue weighted by atomic mass is 10.00. The second kappa shape index (κ2) is 11.4. The summed E-state index contributed by atoms with van der Waals surface area (Å²) in [5.74, 6) is -1.34. The lowest BCUT2D eigenvalue weighted by Crippen LogP contribution is -2.32. The van der Waals surface area contributed by atoms with Crippen LogP contribution in [0.25, 0.3) is 22.4 Å². The third-order valence-corrected chi connectivity index (χ3v) is 6.53. The Balaban J connectivity index is 1.69. The highest BCUT2D eigenvalue weighted by atomic mass is 19.2. The molecule has 9 nitrogen and oxygen atoms in total. The van der Waals surface area contributed by atoms with Gasteiger partial charge < -0.3 is 20.9 Å². The molecule has 37 heavy (non-hydrogen) atoms. The van der Waals surface area contributed by atoms with Gasteiger partial charge in [0, 0.05) is 24.4 Å². The molecule has 3 heterocycles. The highest BCUT2D eigenvalue weighted by Crippen LogP contribution is 2.28. The first-order chi connectivity index (χ1) is 17.8. The number of anilines is 2. The van der Waals surface area contributed by atoms with Crippen molar-refractivity contribution in [1.29, 1.82) is 0 Å². The fraction of sp³-hybridized carbons (Fsp3) is 0.346. The monoisotopic (exact) mass is 508 g/mol. The number of nitrogen functional groups attached to an aromatic ring is 1. The molecule has 0 unspecified atom stereocenters. The number of imidazole rings is 1. The number of hydrogen-bond donors (Lipinski definition) is 2. The summed E-state index contributed by atoms with van der Waals surface area (Å²) in [6, 6.07) is 5.48. The molecular formula is C26H30F2N8O. The number of fused-ring (bicyclic) bond motifs is 1. The molecule has 0 aliphatic heterocycles. The Labute approximate surface area is 213 Å². The van der Waals surface area contributed by atoms with Gasteiger partial charge in [0.05, 0.1) is 37.1 Å². The van der Waals surface area contributed by atoms with Crippen molar-refractivity contribution in [2.24, 2.45) is 11.7 Å². The van der Waals surface area contributed by atoms with Gasteiger partial charge in [0.15, 0.2) is 23.1 Å². The van der Waals surface area contributed by atoms with E-state index in [1.165, 1.54) is 12.4 Å². The highest BCUT2D eigenvalue weighted by Gasteiger charge is 2.17. The zero-order valence-electron chi connectivity index (χ0n) is 20.9. The van der Waals surface area contributed by atoms with E-state index in [1.54, 1.807) is 12.5 Å². The molecule has 1 aromatic carbocycles. The Hall–Kier alpha value is -3.99. The summed E-state index contributed by atoms with van der Waals surface area (Å²) >= 11 is 0. The average Bonchev–Trinajstić information content (AvgIpc) is 3.31. The molecule has 4 rings (SSSR count). The van der Waals surface area contributed by atoms with Crippen LogP contribution in [-0.4, -0.2) is 43.5 Å². The van der Waals surface area contributed by atoms with E-state index in [2.05, 4.69) is 19.9 Å². The Bertz CT molecular complexity index is 1410. The molecule has 0 bridgehead atoms. The van der Waals surface area contributed by atoms with E-state index in [0.717, 1.165) is 29.8 Å². The molecule has 0 saturated heterocycles. The summed E-state index contributed by atoms with van der Waals surface area (Å²) in [6.07, 6.45) is 6.57. The van der Waals surface area contributed by atoms with Crippen molar-refractivity contribution in [2.75, 3.05) is 23.8 Å². The molecular weight excluding hydrogens is 478 g/mol. The van der Waals surface area contributed by atoms with Crippen LogP contribution in [0.3, 0.4) is 0 Å². The summed E-state index contributed by atoms with van der Waals surface area (Å²) in [4.78, 5) is 31.4. The first-order valence-electron chi connectivity index (χ1n) is 12.2. The zero-order chi connectivity index (χ0) is 26.5. The second-order valence-electron chi connectivity index (χ2n) is 8.96. The number of pyridine rings is 1. The van der Waals surface area contributed by atoms with E-state index >= 15 is 0 Å². The molecule has 0 saturated carbocycles. The van der Waals surface area contributed by atoms with Gasteiger partial charge >= 0.3 is 0 Å². The van der Waals surface area contributed by atoms with E-state index in [-0.39, 0.29) is 24.2 Å². The van der Waals surface area contributed by atoms with Crippen LogP contribution >= 0.6 is 0 Å².